The smallest absolute Gasteiger partial charge is 0.0572 e. The van der Waals surface area contributed by atoms with E-state index in [1.54, 1.807) is 0 Å². The van der Waals surface area contributed by atoms with Crippen LogP contribution in [0.5, 0.6) is 0 Å². The number of nitrogens with zero attached hydrogens (tertiary/aromatic N) is 2. The number of hydrogen-bond donors (Lipinski definition) is 1. The van der Waals surface area contributed by atoms with Crippen LogP contribution < -0.4 is 10.2 Å². The Kier molecular flexibility index (Phi) is 5.52. The zero-order valence-electron chi connectivity index (χ0n) is 12.2. The third-order valence-corrected chi connectivity index (χ3v) is 4.66. The molecule has 3 nitrogen and oxygen atoms in total. The Labute approximate surface area is 121 Å². The van der Waals surface area contributed by atoms with E-state index in [2.05, 4.69) is 59.9 Å². The van der Waals surface area contributed by atoms with E-state index in [0.29, 0.717) is 6.04 Å². The van der Waals surface area contributed by atoms with E-state index in [-0.39, 0.29) is 0 Å². The van der Waals surface area contributed by atoms with Crippen LogP contribution in [0.4, 0.5) is 5.69 Å². The maximum absolute atomic E-state index is 4.62. The minimum absolute atomic E-state index is 0.338. The van der Waals surface area contributed by atoms with Crippen LogP contribution >= 0.6 is 11.8 Å². The van der Waals surface area contributed by atoms with Crippen LogP contribution in [0.25, 0.3) is 0 Å². The molecule has 2 heterocycles. The molecule has 1 aliphatic heterocycles. The lowest BCUT2D eigenvalue weighted by atomic mass is 10.2. The van der Waals surface area contributed by atoms with E-state index in [4.69, 9.17) is 0 Å². The highest BCUT2D eigenvalue weighted by Crippen LogP contribution is 2.23. The summed E-state index contributed by atoms with van der Waals surface area (Å²) in [6, 6.07) is 4.72. The van der Waals surface area contributed by atoms with Crippen molar-refractivity contribution in [1.29, 1.82) is 0 Å². The topological polar surface area (TPSA) is 28.2 Å². The van der Waals surface area contributed by atoms with Crippen LogP contribution in [0.1, 0.15) is 38.9 Å². The van der Waals surface area contributed by atoms with Crippen molar-refractivity contribution in [2.24, 2.45) is 0 Å². The molecule has 2 unspecified atom stereocenters. The highest BCUT2D eigenvalue weighted by molar-refractivity contribution is 8.00. The van der Waals surface area contributed by atoms with Gasteiger partial charge in [-0.2, -0.15) is 11.8 Å². The maximum atomic E-state index is 4.62. The Hall–Kier alpha value is -0.740. The lowest BCUT2D eigenvalue weighted by Crippen LogP contribution is -2.36. The van der Waals surface area contributed by atoms with Crippen molar-refractivity contribution in [3.63, 3.8) is 0 Å². The van der Waals surface area contributed by atoms with Gasteiger partial charge in [0.1, 0.15) is 0 Å². The quantitative estimate of drug-likeness (QED) is 0.896. The van der Waals surface area contributed by atoms with Gasteiger partial charge in [0, 0.05) is 30.1 Å². The molecule has 1 aliphatic rings. The summed E-state index contributed by atoms with van der Waals surface area (Å²) in [5.41, 5.74) is 2.40. The molecule has 0 bridgehead atoms. The summed E-state index contributed by atoms with van der Waals surface area (Å²) in [5.74, 6) is 1.22. The van der Waals surface area contributed by atoms with Crippen molar-refractivity contribution >= 4 is 17.4 Å². The van der Waals surface area contributed by atoms with Gasteiger partial charge in [0.25, 0.3) is 0 Å². The largest absolute Gasteiger partial charge is 0.368 e. The number of rotatable bonds is 5. The highest BCUT2D eigenvalue weighted by atomic mass is 32.2. The summed E-state index contributed by atoms with van der Waals surface area (Å²) in [6.07, 6.45) is 3.19. The predicted octanol–water partition coefficient (Wildman–Crippen LogP) is 3.08. The van der Waals surface area contributed by atoms with Gasteiger partial charge in [-0.05, 0) is 32.0 Å². The molecule has 4 heteroatoms. The summed E-state index contributed by atoms with van der Waals surface area (Å²) in [7, 11) is 0. The number of aromatic nitrogens is 1. The first-order valence-electron chi connectivity index (χ1n) is 7.26. The van der Waals surface area contributed by atoms with Gasteiger partial charge in [0.05, 0.1) is 17.6 Å². The Balaban J connectivity index is 1.97. The Bertz CT molecular complexity index is 379. The first kappa shape index (κ1) is 14.7. The average molecular weight is 279 g/mol. The van der Waals surface area contributed by atoms with Gasteiger partial charge in [-0.25, -0.2) is 0 Å². The number of hydrogen-bond acceptors (Lipinski definition) is 4. The molecule has 1 aromatic rings. The predicted molar refractivity (Wildman–Crippen MR) is 85.1 cm³/mol. The molecule has 19 heavy (non-hydrogen) atoms. The van der Waals surface area contributed by atoms with Crippen molar-refractivity contribution in [2.45, 2.75) is 38.5 Å². The van der Waals surface area contributed by atoms with Gasteiger partial charge in [-0.1, -0.05) is 13.8 Å². The molecule has 106 valence electrons. The molecular formula is C15H25N3S. The zero-order valence-corrected chi connectivity index (χ0v) is 13.0. The molecule has 0 aromatic carbocycles. The molecule has 0 amide bonds. The van der Waals surface area contributed by atoms with Crippen molar-refractivity contribution in [2.75, 3.05) is 30.3 Å². The van der Waals surface area contributed by atoms with Crippen LogP contribution in [0.3, 0.4) is 0 Å². The van der Waals surface area contributed by atoms with Gasteiger partial charge in [-0.15, -0.1) is 0 Å². The molecule has 0 spiro atoms. The lowest BCUT2D eigenvalue weighted by molar-refractivity contribution is 0.558. The number of nitrogens with one attached hydrogen (secondary N) is 1. The zero-order chi connectivity index (χ0) is 13.7. The van der Waals surface area contributed by atoms with Crippen LogP contribution in [0.15, 0.2) is 18.3 Å². The molecular weight excluding hydrogens is 254 g/mol. The molecule has 1 aromatic heterocycles. The van der Waals surface area contributed by atoms with E-state index in [1.807, 2.05) is 6.20 Å². The first-order chi connectivity index (χ1) is 9.20. The van der Waals surface area contributed by atoms with Crippen molar-refractivity contribution < 1.29 is 0 Å². The summed E-state index contributed by atoms with van der Waals surface area (Å²) >= 11 is 2.06. The Morgan fingerprint density at radius 3 is 3.00 bits per heavy atom. The second kappa shape index (κ2) is 7.15. The third kappa shape index (κ3) is 4.11. The average Bonchev–Trinajstić information content (AvgIpc) is 2.45. The van der Waals surface area contributed by atoms with Gasteiger partial charge in [-0.3, -0.25) is 4.98 Å². The SMILES string of the molecule is CCCNC(C)c1ccc(N2CCSC(C)C2)cn1. The fourth-order valence-electron chi connectivity index (χ4n) is 2.36. The number of pyridine rings is 1. The second-order valence-electron chi connectivity index (χ2n) is 5.24. The highest BCUT2D eigenvalue weighted by Gasteiger charge is 2.17. The van der Waals surface area contributed by atoms with Gasteiger partial charge >= 0.3 is 0 Å². The lowest BCUT2D eigenvalue weighted by Gasteiger charge is -2.32. The van der Waals surface area contributed by atoms with E-state index >= 15 is 0 Å². The summed E-state index contributed by atoms with van der Waals surface area (Å²) in [5, 5.41) is 4.20. The van der Waals surface area contributed by atoms with Crippen LogP contribution in [-0.2, 0) is 0 Å². The molecule has 0 aliphatic carbocycles. The van der Waals surface area contributed by atoms with Crippen LogP contribution in [0, 0.1) is 0 Å². The monoisotopic (exact) mass is 279 g/mol. The van der Waals surface area contributed by atoms with E-state index in [1.165, 1.54) is 11.4 Å². The fraction of sp³-hybridized carbons (Fsp3) is 0.667. The van der Waals surface area contributed by atoms with Crippen LogP contribution in [0.2, 0.25) is 0 Å². The second-order valence-corrected chi connectivity index (χ2v) is 6.79. The van der Waals surface area contributed by atoms with Crippen molar-refractivity contribution in [1.82, 2.24) is 10.3 Å². The summed E-state index contributed by atoms with van der Waals surface area (Å²) in [4.78, 5) is 7.07. The molecule has 0 radical (unpaired) electrons. The number of anilines is 1. The molecule has 2 rings (SSSR count). The molecule has 2 atom stereocenters. The maximum Gasteiger partial charge on any atom is 0.0572 e. The summed E-state index contributed by atoms with van der Waals surface area (Å²) < 4.78 is 0. The molecule has 1 N–H and O–H groups in total. The Morgan fingerprint density at radius 1 is 1.53 bits per heavy atom. The minimum Gasteiger partial charge on any atom is -0.368 e. The van der Waals surface area contributed by atoms with E-state index < -0.39 is 0 Å². The Morgan fingerprint density at radius 2 is 2.37 bits per heavy atom. The summed E-state index contributed by atoms with van der Waals surface area (Å²) in [6.45, 7) is 9.99. The van der Waals surface area contributed by atoms with Crippen molar-refractivity contribution in [3.05, 3.63) is 24.0 Å². The molecule has 0 saturated carbocycles. The first-order valence-corrected chi connectivity index (χ1v) is 8.31. The van der Waals surface area contributed by atoms with Crippen LogP contribution in [-0.4, -0.2) is 35.6 Å². The van der Waals surface area contributed by atoms with Gasteiger partial charge in [0.2, 0.25) is 0 Å². The van der Waals surface area contributed by atoms with Crippen molar-refractivity contribution in [3.8, 4) is 0 Å². The third-order valence-electron chi connectivity index (χ3n) is 3.52. The number of thioether (sulfide) groups is 1. The normalized spacial score (nSPS) is 21.4. The fourth-order valence-corrected chi connectivity index (χ4v) is 3.37. The van der Waals surface area contributed by atoms with E-state index in [9.17, 15) is 0 Å². The van der Waals surface area contributed by atoms with E-state index in [0.717, 1.165) is 37.0 Å². The van der Waals surface area contributed by atoms with Gasteiger partial charge in [0.15, 0.2) is 0 Å². The molecule has 1 saturated heterocycles. The minimum atomic E-state index is 0.338. The standard InChI is InChI=1S/C15H25N3S/c1-4-7-16-13(3)15-6-5-14(10-17-15)18-8-9-19-12(2)11-18/h5-6,10,12-13,16H,4,7-9,11H2,1-3H3. The van der Waals surface area contributed by atoms with Gasteiger partial charge < -0.3 is 10.2 Å². The molecule has 1 fully saturated rings.